The van der Waals surface area contributed by atoms with Crippen molar-refractivity contribution in [2.45, 2.75) is 25.9 Å². The van der Waals surface area contributed by atoms with Crippen molar-refractivity contribution in [2.75, 3.05) is 13.6 Å². The molecule has 1 aromatic carbocycles. The van der Waals surface area contributed by atoms with E-state index in [9.17, 15) is 0 Å². The molecule has 0 radical (unpaired) electrons. The zero-order valence-electron chi connectivity index (χ0n) is 9.57. The molecule has 2 nitrogen and oxygen atoms in total. The third-order valence-electron chi connectivity index (χ3n) is 2.68. The highest BCUT2D eigenvalue weighted by molar-refractivity contribution is 6.30. The maximum atomic E-state index is 6.01. The van der Waals surface area contributed by atoms with Crippen LogP contribution in [-0.4, -0.2) is 24.5 Å². The van der Waals surface area contributed by atoms with Crippen molar-refractivity contribution >= 4 is 11.6 Å². The molecule has 0 saturated heterocycles. The molecule has 84 valence electrons. The van der Waals surface area contributed by atoms with E-state index in [-0.39, 0.29) is 12.1 Å². The van der Waals surface area contributed by atoms with E-state index in [1.165, 1.54) is 5.56 Å². The predicted molar refractivity (Wildman–Crippen MR) is 66.1 cm³/mol. The monoisotopic (exact) mass is 226 g/mol. The molecular weight excluding hydrogens is 208 g/mol. The lowest BCUT2D eigenvalue weighted by Gasteiger charge is -2.30. The lowest BCUT2D eigenvalue weighted by Crippen LogP contribution is -2.37. The van der Waals surface area contributed by atoms with E-state index in [2.05, 4.69) is 18.9 Å². The van der Waals surface area contributed by atoms with Crippen molar-refractivity contribution in [1.29, 1.82) is 0 Å². The van der Waals surface area contributed by atoms with Crippen LogP contribution in [0.25, 0.3) is 0 Å². The van der Waals surface area contributed by atoms with E-state index in [0.29, 0.717) is 0 Å². The molecule has 0 saturated carbocycles. The van der Waals surface area contributed by atoms with E-state index < -0.39 is 0 Å². The minimum absolute atomic E-state index is 0.108. The van der Waals surface area contributed by atoms with Crippen molar-refractivity contribution < 1.29 is 0 Å². The molecule has 0 aliphatic heterocycles. The minimum atomic E-state index is 0.108. The Labute approximate surface area is 97.0 Å². The SMILES string of the molecule is CCN(C)C(c1ccc(Cl)cc1)C(C)N. The molecule has 3 heteroatoms. The van der Waals surface area contributed by atoms with Gasteiger partial charge in [0.1, 0.15) is 0 Å². The van der Waals surface area contributed by atoms with E-state index in [1.807, 2.05) is 31.2 Å². The molecule has 2 unspecified atom stereocenters. The fraction of sp³-hybridized carbons (Fsp3) is 0.500. The Morgan fingerprint density at radius 1 is 1.33 bits per heavy atom. The summed E-state index contributed by atoms with van der Waals surface area (Å²) in [6.45, 7) is 5.14. The van der Waals surface area contributed by atoms with Crippen LogP contribution in [0.1, 0.15) is 25.5 Å². The summed E-state index contributed by atoms with van der Waals surface area (Å²) in [6.07, 6.45) is 0. The van der Waals surface area contributed by atoms with E-state index in [1.54, 1.807) is 0 Å². The Bertz CT molecular complexity index is 295. The number of halogens is 1. The summed E-state index contributed by atoms with van der Waals surface area (Å²) in [5.41, 5.74) is 7.23. The summed E-state index contributed by atoms with van der Waals surface area (Å²) in [7, 11) is 2.09. The topological polar surface area (TPSA) is 29.3 Å². The number of nitrogens with two attached hydrogens (primary N) is 1. The van der Waals surface area contributed by atoms with Crippen LogP contribution < -0.4 is 5.73 Å². The highest BCUT2D eigenvalue weighted by Gasteiger charge is 2.19. The molecule has 0 amide bonds. The van der Waals surface area contributed by atoms with Gasteiger partial charge in [-0.05, 0) is 38.2 Å². The summed E-state index contributed by atoms with van der Waals surface area (Å²) < 4.78 is 0. The summed E-state index contributed by atoms with van der Waals surface area (Å²) in [4.78, 5) is 2.24. The Morgan fingerprint density at radius 2 is 1.87 bits per heavy atom. The van der Waals surface area contributed by atoms with Gasteiger partial charge in [-0.3, -0.25) is 4.90 Å². The molecule has 0 spiro atoms. The second-order valence-corrected chi connectivity index (χ2v) is 4.37. The van der Waals surface area contributed by atoms with Gasteiger partial charge in [0, 0.05) is 17.1 Å². The third kappa shape index (κ3) is 3.20. The minimum Gasteiger partial charge on any atom is -0.326 e. The molecule has 2 N–H and O–H groups in total. The number of nitrogens with zero attached hydrogens (tertiary/aromatic N) is 1. The highest BCUT2D eigenvalue weighted by Crippen LogP contribution is 2.23. The maximum absolute atomic E-state index is 6.01. The number of hydrogen-bond donors (Lipinski definition) is 1. The largest absolute Gasteiger partial charge is 0.326 e. The molecule has 0 fully saturated rings. The quantitative estimate of drug-likeness (QED) is 0.856. The van der Waals surface area contributed by atoms with Crippen LogP contribution in [0.2, 0.25) is 5.02 Å². The van der Waals surface area contributed by atoms with Crippen LogP contribution in [0.4, 0.5) is 0 Å². The zero-order valence-corrected chi connectivity index (χ0v) is 10.3. The number of benzene rings is 1. The first-order valence-electron chi connectivity index (χ1n) is 5.27. The standard InChI is InChI=1S/C12H19ClN2/c1-4-15(3)12(9(2)14)10-5-7-11(13)8-6-10/h5-9,12H,4,14H2,1-3H3. The predicted octanol–water partition coefficient (Wildman–Crippen LogP) is 2.68. The lowest BCUT2D eigenvalue weighted by molar-refractivity contribution is 0.230. The molecule has 0 aromatic heterocycles. The van der Waals surface area contributed by atoms with E-state index >= 15 is 0 Å². The van der Waals surface area contributed by atoms with Crippen molar-refractivity contribution in [3.05, 3.63) is 34.9 Å². The van der Waals surface area contributed by atoms with Crippen LogP contribution in [-0.2, 0) is 0 Å². The van der Waals surface area contributed by atoms with Gasteiger partial charge in [0.25, 0.3) is 0 Å². The lowest BCUT2D eigenvalue weighted by atomic mass is 10.00. The Kier molecular flexibility index (Phi) is 4.58. The van der Waals surface area contributed by atoms with Gasteiger partial charge in [-0.15, -0.1) is 0 Å². The molecular formula is C12H19ClN2. The first-order chi connectivity index (χ1) is 7.06. The fourth-order valence-corrected chi connectivity index (χ4v) is 1.94. The van der Waals surface area contributed by atoms with Gasteiger partial charge < -0.3 is 5.73 Å². The highest BCUT2D eigenvalue weighted by atomic mass is 35.5. The molecule has 0 bridgehead atoms. The molecule has 0 heterocycles. The van der Waals surface area contributed by atoms with Gasteiger partial charge >= 0.3 is 0 Å². The Morgan fingerprint density at radius 3 is 2.27 bits per heavy atom. The Hall–Kier alpha value is -0.570. The second kappa shape index (κ2) is 5.50. The normalized spacial score (nSPS) is 15.3. The Balaban J connectivity index is 2.94. The first-order valence-corrected chi connectivity index (χ1v) is 5.65. The second-order valence-electron chi connectivity index (χ2n) is 3.93. The molecule has 2 atom stereocenters. The fourth-order valence-electron chi connectivity index (χ4n) is 1.82. The molecule has 15 heavy (non-hydrogen) atoms. The van der Waals surface area contributed by atoms with Gasteiger partial charge in [-0.1, -0.05) is 30.7 Å². The van der Waals surface area contributed by atoms with Crippen LogP contribution >= 0.6 is 11.6 Å². The summed E-state index contributed by atoms with van der Waals surface area (Å²) in [5.74, 6) is 0. The van der Waals surface area contributed by atoms with Gasteiger partial charge in [0.15, 0.2) is 0 Å². The van der Waals surface area contributed by atoms with Crippen molar-refractivity contribution in [3.63, 3.8) is 0 Å². The number of hydrogen-bond acceptors (Lipinski definition) is 2. The van der Waals surface area contributed by atoms with Gasteiger partial charge in [-0.25, -0.2) is 0 Å². The van der Waals surface area contributed by atoms with Crippen LogP contribution in [0.15, 0.2) is 24.3 Å². The van der Waals surface area contributed by atoms with Gasteiger partial charge in [0.2, 0.25) is 0 Å². The summed E-state index contributed by atoms with van der Waals surface area (Å²) in [6, 6.07) is 8.28. The third-order valence-corrected chi connectivity index (χ3v) is 2.94. The van der Waals surface area contributed by atoms with Gasteiger partial charge in [-0.2, -0.15) is 0 Å². The van der Waals surface area contributed by atoms with Crippen molar-refractivity contribution in [1.82, 2.24) is 4.90 Å². The maximum Gasteiger partial charge on any atom is 0.0493 e. The average Bonchev–Trinajstić information content (AvgIpc) is 2.20. The van der Waals surface area contributed by atoms with Gasteiger partial charge in [0.05, 0.1) is 0 Å². The van der Waals surface area contributed by atoms with Crippen LogP contribution in [0.5, 0.6) is 0 Å². The molecule has 0 aliphatic carbocycles. The number of rotatable bonds is 4. The van der Waals surface area contributed by atoms with Crippen LogP contribution in [0, 0.1) is 0 Å². The van der Waals surface area contributed by atoms with Crippen molar-refractivity contribution in [3.8, 4) is 0 Å². The summed E-state index contributed by atoms with van der Waals surface area (Å²) in [5, 5.41) is 0.765. The summed E-state index contributed by atoms with van der Waals surface area (Å²) >= 11 is 5.86. The van der Waals surface area contributed by atoms with E-state index in [0.717, 1.165) is 11.6 Å². The number of likely N-dealkylation sites (N-methyl/N-ethyl adjacent to an activating group) is 1. The zero-order chi connectivity index (χ0) is 11.4. The smallest absolute Gasteiger partial charge is 0.0493 e. The molecule has 1 rings (SSSR count). The first kappa shape index (κ1) is 12.5. The average molecular weight is 227 g/mol. The van der Waals surface area contributed by atoms with E-state index in [4.69, 9.17) is 17.3 Å². The molecule has 1 aromatic rings. The van der Waals surface area contributed by atoms with Crippen molar-refractivity contribution in [2.24, 2.45) is 5.73 Å². The van der Waals surface area contributed by atoms with Crippen LogP contribution in [0.3, 0.4) is 0 Å². The molecule has 0 aliphatic rings.